The summed E-state index contributed by atoms with van der Waals surface area (Å²) in [6.07, 6.45) is 0. The first kappa shape index (κ1) is 20.1. The van der Waals surface area contributed by atoms with Crippen LogP contribution in [0, 0.1) is 12.7 Å². The molecule has 1 N–H and O–H groups in total. The molecule has 0 aliphatic heterocycles. The van der Waals surface area contributed by atoms with E-state index in [2.05, 4.69) is 5.32 Å². The Morgan fingerprint density at radius 1 is 0.933 bits per heavy atom. The standard InChI is InChI=1S/C23H15Cl2FN2O2/c1-13-10-15-12-17(27-22(29)14-4-2-5-16(26)11-14)8-9-20(15)28(13)23(30)21-18(24)6-3-7-19(21)25/h2-12H,1H3,(H,27,29). The summed E-state index contributed by atoms with van der Waals surface area (Å²) in [5.74, 6) is -1.25. The molecule has 0 unspecified atom stereocenters. The molecule has 30 heavy (non-hydrogen) atoms. The third-order valence-corrected chi connectivity index (χ3v) is 5.34. The predicted octanol–water partition coefficient (Wildman–Crippen LogP) is 6.34. The number of carbonyl (C=O) groups excluding carboxylic acids is 2. The lowest BCUT2D eigenvalue weighted by atomic mass is 10.2. The molecule has 0 saturated heterocycles. The second-order valence-corrected chi connectivity index (χ2v) is 7.58. The summed E-state index contributed by atoms with van der Waals surface area (Å²) < 4.78 is 14.9. The fourth-order valence-corrected chi connectivity index (χ4v) is 3.91. The van der Waals surface area contributed by atoms with E-state index in [9.17, 15) is 14.0 Å². The SMILES string of the molecule is Cc1cc2cc(NC(=O)c3cccc(F)c3)ccc2n1C(=O)c1c(Cl)cccc1Cl. The van der Waals surface area contributed by atoms with Gasteiger partial charge in [0.05, 0.1) is 21.1 Å². The molecule has 3 aromatic carbocycles. The van der Waals surface area contributed by atoms with Gasteiger partial charge in [-0.25, -0.2) is 4.39 Å². The molecule has 150 valence electrons. The molecule has 7 heteroatoms. The number of benzene rings is 3. The van der Waals surface area contributed by atoms with Gasteiger partial charge in [-0.3, -0.25) is 14.2 Å². The summed E-state index contributed by atoms with van der Waals surface area (Å²) in [5.41, 5.74) is 2.31. The number of hydrogen-bond donors (Lipinski definition) is 1. The second kappa shape index (κ2) is 7.94. The molecule has 0 aliphatic carbocycles. The molecule has 4 aromatic rings. The van der Waals surface area contributed by atoms with Crippen LogP contribution in [0.5, 0.6) is 0 Å². The maximum atomic E-state index is 13.4. The highest BCUT2D eigenvalue weighted by Crippen LogP contribution is 2.29. The fraction of sp³-hybridized carbons (Fsp3) is 0.0435. The zero-order valence-electron chi connectivity index (χ0n) is 15.7. The van der Waals surface area contributed by atoms with Gasteiger partial charge in [-0.1, -0.05) is 35.3 Å². The van der Waals surface area contributed by atoms with Crippen LogP contribution in [0.15, 0.2) is 66.7 Å². The minimum absolute atomic E-state index is 0.215. The van der Waals surface area contributed by atoms with Crippen LogP contribution < -0.4 is 5.32 Å². The molecule has 0 atom stereocenters. The van der Waals surface area contributed by atoms with Crippen molar-refractivity contribution in [1.82, 2.24) is 4.57 Å². The molecule has 0 bridgehead atoms. The molecule has 1 amide bonds. The highest BCUT2D eigenvalue weighted by molar-refractivity contribution is 6.40. The van der Waals surface area contributed by atoms with Gasteiger partial charge in [-0.2, -0.15) is 0 Å². The van der Waals surface area contributed by atoms with Crippen molar-refractivity contribution in [2.24, 2.45) is 0 Å². The molecule has 0 saturated carbocycles. The van der Waals surface area contributed by atoms with Gasteiger partial charge < -0.3 is 5.32 Å². The van der Waals surface area contributed by atoms with E-state index < -0.39 is 11.7 Å². The van der Waals surface area contributed by atoms with Gasteiger partial charge in [0.2, 0.25) is 0 Å². The van der Waals surface area contributed by atoms with E-state index in [0.29, 0.717) is 16.9 Å². The quantitative estimate of drug-likeness (QED) is 0.404. The Kier molecular flexibility index (Phi) is 5.33. The van der Waals surface area contributed by atoms with Crippen LogP contribution in [-0.4, -0.2) is 16.4 Å². The maximum Gasteiger partial charge on any atom is 0.265 e. The Labute approximate surface area is 181 Å². The largest absolute Gasteiger partial charge is 0.322 e. The van der Waals surface area contributed by atoms with Crippen molar-refractivity contribution in [3.63, 3.8) is 0 Å². The van der Waals surface area contributed by atoms with Crippen molar-refractivity contribution in [1.29, 1.82) is 0 Å². The van der Waals surface area contributed by atoms with Crippen LogP contribution in [0.2, 0.25) is 10.0 Å². The van der Waals surface area contributed by atoms with Crippen molar-refractivity contribution in [2.75, 3.05) is 5.32 Å². The lowest BCUT2D eigenvalue weighted by Gasteiger charge is -2.11. The van der Waals surface area contributed by atoms with E-state index in [-0.39, 0.29) is 27.1 Å². The predicted molar refractivity (Wildman–Crippen MR) is 117 cm³/mol. The molecule has 4 rings (SSSR count). The third kappa shape index (κ3) is 3.70. The van der Waals surface area contributed by atoms with Gasteiger partial charge in [0.25, 0.3) is 11.8 Å². The lowest BCUT2D eigenvalue weighted by molar-refractivity contribution is 0.0962. The van der Waals surface area contributed by atoms with Crippen LogP contribution in [0.25, 0.3) is 10.9 Å². The van der Waals surface area contributed by atoms with Gasteiger partial charge in [-0.05, 0) is 61.5 Å². The molecule has 0 fully saturated rings. The number of nitrogens with one attached hydrogen (secondary N) is 1. The van der Waals surface area contributed by atoms with Crippen LogP contribution in [0.3, 0.4) is 0 Å². The Balaban J connectivity index is 1.69. The van der Waals surface area contributed by atoms with Gasteiger partial charge in [-0.15, -0.1) is 0 Å². The number of nitrogens with zero attached hydrogens (tertiary/aromatic N) is 1. The zero-order chi connectivity index (χ0) is 21.4. The van der Waals surface area contributed by atoms with Crippen molar-refractivity contribution in [3.8, 4) is 0 Å². The summed E-state index contributed by atoms with van der Waals surface area (Å²) in [5, 5.41) is 4.04. The Morgan fingerprint density at radius 3 is 2.33 bits per heavy atom. The Bertz CT molecular complexity index is 1290. The van der Waals surface area contributed by atoms with Gasteiger partial charge in [0.15, 0.2) is 0 Å². The minimum atomic E-state index is -0.484. The first-order valence-electron chi connectivity index (χ1n) is 9.03. The number of hydrogen-bond acceptors (Lipinski definition) is 2. The monoisotopic (exact) mass is 440 g/mol. The minimum Gasteiger partial charge on any atom is -0.322 e. The number of anilines is 1. The summed E-state index contributed by atoms with van der Waals surface area (Å²) in [4.78, 5) is 25.5. The van der Waals surface area contributed by atoms with Gasteiger partial charge in [0, 0.05) is 22.3 Å². The maximum absolute atomic E-state index is 13.4. The second-order valence-electron chi connectivity index (χ2n) is 6.76. The molecule has 0 spiro atoms. The summed E-state index contributed by atoms with van der Waals surface area (Å²) in [7, 11) is 0. The fourth-order valence-electron chi connectivity index (χ4n) is 3.35. The van der Waals surface area contributed by atoms with Crippen molar-refractivity contribution >= 4 is 51.6 Å². The van der Waals surface area contributed by atoms with E-state index in [1.807, 2.05) is 6.07 Å². The topological polar surface area (TPSA) is 51.1 Å². The molecule has 4 nitrogen and oxygen atoms in total. The number of fused-ring (bicyclic) bond motifs is 1. The van der Waals surface area contributed by atoms with Crippen LogP contribution in [0.1, 0.15) is 26.4 Å². The number of aromatic nitrogens is 1. The first-order chi connectivity index (χ1) is 14.3. The molecular formula is C23H15Cl2FN2O2. The molecule has 0 aliphatic rings. The Morgan fingerprint density at radius 2 is 1.63 bits per heavy atom. The van der Waals surface area contributed by atoms with Gasteiger partial charge >= 0.3 is 0 Å². The van der Waals surface area contributed by atoms with E-state index >= 15 is 0 Å². The number of amides is 1. The van der Waals surface area contributed by atoms with E-state index in [4.69, 9.17) is 23.2 Å². The average Bonchev–Trinajstić information content (AvgIpc) is 3.02. The number of carbonyl (C=O) groups is 2. The van der Waals surface area contributed by atoms with Crippen LogP contribution in [-0.2, 0) is 0 Å². The molecule has 0 radical (unpaired) electrons. The summed E-state index contributed by atoms with van der Waals surface area (Å²) in [6, 6.07) is 17.3. The van der Waals surface area contributed by atoms with Crippen LogP contribution in [0.4, 0.5) is 10.1 Å². The van der Waals surface area contributed by atoms with Crippen LogP contribution >= 0.6 is 23.2 Å². The number of rotatable bonds is 3. The number of halogens is 3. The van der Waals surface area contributed by atoms with E-state index in [0.717, 1.165) is 5.39 Å². The normalized spacial score (nSPS) is 10.9. The van der Waals surface area contributed by atoms with Crippen molar-refractivity contribution < 1.29 is 14.0 Å². The highest BCUT2D eigenvalue weighted by Gasteiger charge is 2.20. The van der Waals surface area contributed by atoms with Gasteiger partial charge in [0.1, 0.15) is 5.82 Å². The molecular weight excluding hydrogens is 426 g/mol. The Hall–Kier alpha value is -3.15. The zero-order valence-corrected chi connectivity index (χ0v) is 17.3. The van der Waals surface area contributed by atoms with E-state index in [1.165, 1.54) is 28.8 Å². The molecule has 1 heterocycles. The van der Waals surface area contributed by atoms with Crippen molar-refractivity contribution in [2.45, 2.75) is 6.92 Å². The summed E-state index contributed by atoms with van der Waals surface area (Å²) in [6.45, 7) is 1.80. The lowest BCUT2D eigenvalue weighted by Crippen LogP contribution is -2.14. The van der Waals surface area contributed by atoms with E-state index in [1.54, 1.807) is 43.3 Å². The molecule has 1 aromatic heterocycles. The first-order valence-corrected chi connectivity index (χ1v) is 9.78. The third-order valence-electron chi connectivity index (χ3n) is 4.71. The number of aryl methyl sites for hydroxylation is 1. The smallest absolute Gasteiger partial charge is 0.265 e. The average molecular weight is 441 g/mol. The highest BCUT2D eigenvalue weighted by atomic mass is 35.5. The summed E-state index contributed by atoms with van der Waals surface area (Å²) >= 11 is 12.4. The van der Waals surface area contributed by atoms with Crippen molar-refractivity contribution in [3.05, 3.63) is 99.4 Å².